The predicted molar refractivity (Wildman–Crippen MR) is 27.8 cm³/mol. The Balaban J connectivity index is 3.60. The standard InChI is InChI=1S/CH3O3S.In.H2N.H/c1-5(2,3)4;;;/h1H2,(H,2,3,4);;1H2;/q;+1;-1;. The second-order valence-electron chi connectivity index (χ2n) is 1.07. The van der Waals surface area contributed by atoms with Gasteiger partial charge < -0.3 is 0 Å². The molecule has 3 N–H and O–H groups in total. The van der Waals surface area contributed by atoms with E-state index in [9.17, 15) is 8.42 Å². The van der Waals surface area contributed by atoms with Crippen molar-refractivity contribution in [2.45, 2.75) is 0 Å². The van der Waals surface area contributed by atoms with Crippen LogP contribution in [-0.4, -0.2) is 39.7 Å². The Bertz CT molecular complexity index is 128. The van der Waals surface area contributed by atoms with Gasteiger partial charge in [-0.3, -0.25) is 0 Å². The van der Waals surface area contributed by atoms with Gasteiger partial charge in [-0.15, -0.1) is 0 Å². The van der Waals surface area contributed by atoms with Crippen LogP contribution in [-0.2, 0) is 10.1 Å². The Labute approximate surface area is 53.6 Å². The fourth-order valence-electron chi connectivity index (χ4n) is 0.149. The van der Waals surface area contributed by atoms with Gasteiger partial charge in [0.05, 0.1) is 0 Å². The van der Waals surface area contributed by atoms with Crippen molar-refractivity contribution in [3.63, 3.8) is 0 Å². The molecule has 0 rings (SSSR count). The monoisotopic (exact) mass is 227 g/mol. The van der Waals surface area contributed by atoms with Crippen molar-refractivity contribution in [1.82, 2.24) is 0 Å². The molecular formula is CH6InNO3S. The summed E-state index contributed by atoms with van der Waals surface area (Å²) in [6.45, 7) is 0. The summed E-state index contributed by atoms with van der Waals surface area (Å²) in [7, 11) is -3.71. The summed E-state index contributed by atoms with van der Waals surface area (Å²) in [5, 5.41) is 0. The van der Waals surface area contributed by atoms with Crippen LogP contribution in [0.15, 0.2) is 0 Å². The molecule has 0 aliphatic heterocycles. The third-order valence-electron chi connectivity index (χ3n) is 0.376. The van der Waals surface area contributed by atoms with Crippen molar-refractivity contribution in [3.8, 4) is 0 Å². The molecule has 0 aromatic rings. The normalized spacial score (nSPS) is 11.1. The molecule has 0 aliphatic rings. The Morgan fingerprint density at radius 3 is 2.14 bits per heavy atom. The van der Waals surface area contributed by atoms with Crippen LogP contribution in [0.1, 0.15) is 0 Å². The zero-order valence-electron chi connectivity index (χ0n) is 3.66. The summed E-state index contributed by atoms with van der Waals surface area (Å²) in [5.41, 5.74) is 0. The summed E-state index contributed by atoms with van der Waals surface area (Å²) in [6, 6.07) is 0. The van der Waals surface area contributed by atoms with Gasteiger partial charge in [0.25, 0.3) is 0 Å². The number of rotatable bonds is 2. The average molecular weight is 227 g/mol. The van der Waals surface area contributed by atoms with Crippen molar-refractivity contribution in [1.29, 1.82) is 0 Å². The van der Waals surface area contributed by atoms with Gasteiger partial charge in [0, 0.05) is 0 Å². The first-order valence-corrected chi connectivity index (χ1v) is 8.51. The SMILES string of the molecule is [NH2][InH][CH2]S(=O)(=O)O. The fraction of sp³-hybridized carbons (Fsp3) is 1.00. The summed E-state index contributed by atoms with van der Waals surface area (Å²) in [4.78, 5) is 0. The first-order chi connectivity index (χ1) is 3.06. The van der Waals surface area contributed by atoms with Gasteiger partial charge in [-0.25, -0.2) is 0 Å². The molecule has 0 aromatic carbocycles. The van der Waals surface area contributed by atoms with Crippen LogP contribution in [0.3, 0.4) is 0 Å². The van der Waals surface area contributed by atoms with Crippen molar-refractivity contribution in [2.24, 2.45) is 3.72 Å². The molecule has 7 heavy (non-hydrogen) atoms. The van der Waals surface area contributed by atoms with E-state index in [1.165, 1.54) is 0 Å². The molecular weight excluding hydrogens is 221 g/mol. The molecule has 0 spiro atoms. The molecule has 0 aliphatic carbocycles. The van der Waals surface area contributed by atoms with E-state index < -0.39 is 33.3 Å². The molecule has 0 bridgehead atoms. The van der Waals surface area contributed by atoms with Gasteiger partial charge in [-0.2, -0.15) is 0 Å². The third kappa shape index (κ3) is 6.74. The first kappa shape index (κ1) is 7.74. The van der Waals surface area contributed by atoms with E-state index in [1.807, 2.05) is 0 Å². The summed E-state index contributed by atoms with van der Waals surface area (Å²) >= 11 is -1.54. The van der Waals surface area contributed by atoms with E-state index in [1.54, 1.807) is 0 Å². The Morgan fingerprint density at radius 1 is 1.71 bits per heavy atom. The van der Waals surface area contributed by atoms with Crippen molar-refractivity contribution in [3.05, 3.63) is 0 Å². The molecule has 6 heteroatoms. The zero-order valence-corrected chi connectivity index (χ0v) is 8.52. The molecule has 0 atom stereocenters. The summed E-state index contributed by atoms with van der Waals surface area (Å²) in [5.74, 6) is 0. The number of hydrogen-bond donors (Lipinski definition) is 2. The van der Waals surface area contributed by atoms with Gasteiger partial charge in [0.15, 0.2) is 0 Å². The molecule has 0 saturated carbocycles. The maximum atomic E-state index is 9.76. The van der Waals surface area contributed by atoms with Crippen molar-refractivity contribution >= 4 is 33.3 Å². The molecule has 0 aromatic heterocycles. The predicted octanol–water partition coefficient (Wildman–Crippen LogP) is -1.86. The van der Waals surface area contributed by atoms with Gasteiger partial charge in [-0.1, -0.05) is 0 Å². The zero-order chi connectivity index (χ0) is 5.91. The maximum absolute atomic E-state index is 9.76. The van der Waals surface area contributed by atoms with Crippen LogP contribution >= 0.6 is 0 Å². The molecule has 0 saturated heterocycles. The Kier molecular flexibility index (Phi) is 3.21. The quantitative estimate of drug-likeness (QED) is 0.542. The first-order valence-electron chi connectivity index (χ1n) is 1.71. The third-order valence-corrected chi connectivity index (χ3v) is 7.56. The second kappa shape index (κ2) is 2.91. The topological polar surface area (TPSA) is 80.4 Å². The number of nitrogens with two attached hydrogens (primary N) is 1. The summed E-state index contributed by atoms with van der Waals surface area (Å²) in [6.07, 6.45) is 0. The Morgan fingerprint density at radius 2 is 2.14 bits per heavy atom. The van der Waals surface area contributed by atoms with Gasteiger partial charge in [-0.05, 0) is 0 Å². The molecule has 42 valence electrons. The second-order valence-corrected chi connectivity index (χ2v) is 7.79. The van der Waals surface area contributed by atoms with E-state index in [4.69, 9.17) is 8.27 Å². The van der Waals surface area contributed by atoms with Crippen molar-refractivity contribution < 1.29 is 13.0 Å². The minimum atomic E-state index is -3.71. The van der Waals surface area contributed by atoms with Gasteiger partial charge >= 0.3 is 53.5 Å². The molecule has 0 heterocycles. The van der Waals surface area contributed by atoms with Crippen LogP contribution in [0.25, 0.3) is 0 Å². The van der Waals surface area contributed by atoms with Crippen molar-refractivity contribution in [2.75, 3.05) is 3.51 Å². The number of hydrogen-bond acceptors (Lipinski definition) is 3. The molecule has 4 nitrogen and oxygen atoms in total. The van der Waals surface area contributed by atoms with Crippen LogP contribution < -0.4 is 3.72 Å². The van der Waals surface area contributed by atoms with Gasteiger partial charge in [0.2, 0.25) is 0 Å². The van der Waals surface area contributed by atoms with E-state index in [-0.39, 0.29) is 3.51 Å². The van der Waals surface area contributed by atoms with E-state index in [0.29, 0.717) is 0 Å². The molecule has 0 fully saturated rings. The molecule has 0 amide bonds. The van der Waals surface area contributed by atoms with Gasteiger partial charge in [0.1, 0.15) is 0 Å². The molecule has 0 unspecified atom stereocenters. The Hall–Kier alpha value is 0.740. The minimum absolute atomic E-state index is 0.144. The molecule has 0 radical (unpaired) electrons. The summed E-state index contributed by atoms with van der Waals surface area (Å²) < 4.78 is 32.3. The average Bonchev–Trinajstić information content (AvgIpc) is 1.30. The van der Waals surface area contributed by atoms with Crippen LogP contribution in [0.4, 0.5) is 0 Å². The van der Waals surface area contributed by atoms with E-state index in [0.717, 1.165) is 0 Å². The van der Waals surface area contributed by atoms with E-state index in [2.05, 4.69) is 0 Å². The fourth-order valence-corrected chi connectivity index (χ4v) is 3.00. The van der Waals surface area contributed by atoms with Crippen LogP contribution in [0, 0.1) is 0 Å². The van der Waals surface area contributed by atoms with Crippen LogP contribution in [0.2, 0.25) is 0 Å². The van der Waals surface area contributed by atoms with Crippen LogP contribution in [0.5, 0.6) is 0 Å². The van der Waals surface area contributed by atoms with E-state index >= 15 is 0 Å².